The molecule has 1 atom stereocenters. The first kappa shape index (κ1) is 16.8. The summed E-state index contributed by atoms with van der Waals surface area (Å²) in [6.07, 6.45) is -0.419. The van der Waals surface area contributed by atoms with E-state index < -0.39 is 6.10 Å². The molecule has 1 aliphatic heterocycles. The van der Waals surface area contributed by atoms with E-state index >= 15 is 0 Å². The molecule has 1 amide bonds. The average Bonchev–Trinajstić information content (AvgIpc) is 2.49. The summed E-state index contributed by atoms with van der Waals surface area (Å²) >= 11 is 0. The van der Waals surface area contributed by atoms with Crippen molar-refractivity contribution in [2.75, 3.05) is 26.2 Å². The van der Waals surface area contributed by atoms with Gasteiger partial charge in [-0.3, -0.25) is 4.79 Å². The Morgan fingerprint density at radius 1 is 1.18 bits per heavy atom. The number of nitrogens with one attached hydrogen (secondary N) is 1. The van der Waals surface area contributed by atoms with Gasteiger partial charge in [0.2, 0.25) is 0 Å². The number of carbonyl (C=O) groups excluding carboxylic acids is 1. The molecule has 1 aliphatic rings. The maximum absolute atomic E-state index is 12.8. The molecule has 0 aromatic heterocycles. The predicted molar refractivity (Wildman–Crippen MR) is 89.4 cm³/mol. The molecule has 1 N–H and O–H groups in total. The minimum absolute atomic E-state index is 0.107. The number of ether oxygens (including phenoxy) is 1. The van der Waals surface area contributed by atoms with Crippen LogP contribution in [0.4, 0.5) is 0 Å². The summed E-state index contributed by atoms with van der Waals surface area (Å²) in [7, 11) is 0. The third-order valence-electron chi connectivity index (χ3n) is 4.30. The van der Waals surface area contributed by atoms with Gasteiger partial charge in [-0.05, 0) is 49.4 Å². The Morgan fingerprint density at radius 3 is 2.41 bits per heavy atom. The maximum atomic E-state index is 12.8. The number of rotatable bonds is 4. The van der Waals surface area contributed by atoms with Gasteiger partial charge < -0.3 is 15.0 Å². The lowest BCUT2D eigenvalue weighted by molar-refractivity contribution is -0.141. The van der Waals surface area contributed by atoms with Crippen molar-refractivity contribution >= 4 is 5.91 Å². The Labute approximate surface area is 133 Å². The van der Waals surface area contributed by atoms with Gasteiger partial charge in [-0.2, -0.15) is 0 Å². The lowest BCUT2D eigenvalue weighted by atomic mass is 10.0. The molecule has 4 nitrogen and oxygen atoms in total. The number of nitrogens with zero attached hydrogens (tertiary/aromatic N) is 1. The van der Waals surface area contributed by atoms with Crippen LogP contribution in [-0.4, -0.2) is 43.1 Å². The van der Waals surface area contributed by atoms with E-state index in [0.717, 1.165) is 43.1 Å². The molecule has 4 heteroatoms. The molecule has 0 saturated carbocycles. The second kappa shape index (κ2) is 7.14. The van der Waals surface area contributed by atoms with Gasteiger partial charge in [-0.1, -0.05) is 19.9 Å². The van der Waals surface area contributed by atoms with Gasteiger partial charge in [-0.15, -0.1) is 0 Å². The highest BCUT2D eigenvalue weighted by Gasteiger charge is 2.30. The summed E-state index contributed by atoms with van der Waals surface area (Å²) in [4.78, 5) is 14.7. The van der Waals surface area contributed by atoms with Crippen molar-refractivity contribution in [3.8, 4) is 5.75 Å². The summed E-state index contributed by atoms with van der Waals surface area (Å²) < 4.78 is 6.17. The second-order valence-electron chi connectivity index (χ2n) is 6.56. The quantitative estimate of drug-likeness (QED) is 0.929. The van der Waals surface area contributed by atoms with E-state index in [4.69, 9.17) is 4.74 Å². The molecular formula is C18H28N2O2. The lowest BCUT2D eigenvalue weighted by Gasteiger charge is -2.32. The van der Waals surface area contributed by atoms with Crippen LogP contribution in [0.3, 0.4) is 0 Å². The summed E-state index contributed by atoms with van der Waals surface area (Å²) in [6, 6.07) is 4.17. The topological polar surface area (TPSA) is 41.6 Å². The van der Waals surface area contributed by atoms with Gasteiger partial charge in [0, 0.05) is 26.2 Å². The van der Waals surface area contributed by atoms with Crippen LogP contribution in [0, 0.1) is 26.7 Å². The van der Waals surface area contributed by atoms with Crippen LogP contribution in [0.15, 0.2) is 12.1 Å². The van der Waals surface area contributed by atoms with Crippen molar-refractivity contribution in [3.63, 3.8) is 0 Å². The van der Waals surface area contributed by atoms with Crippen molar-refractivity contribution in [2.45, 2.75) is 40.7 Å². The highest BCUT2D eigenvalue weighted by atomic mass is 16.5. The molecular weight excluding hydrogens is 276 g/mol. The van der Waals surface area contributed by atoms with E-state index in [1.54, 1.807) is 0 Å². The molecule has 1 heterocycles. The van der Waals surface area contributed by atoms with Gasteiger partial charge in [0.1, 0.15) is 5.75 Å². The number of aryl methyl sites for hydroxylation is 2. The maximum Gasteiger partial charge on any atom is 0.264 e. The van der Waals surface area contributed by atoms with Crippen LogP contribution in [0.25, 0.3) is 0 Å². The summed E-state index contributed by atoms with van der Waals surface area (Å²) in [6.45, 7) is 13.5. The fourth-order valence-electron chi connectivity index (χ4n) is 2.80. The number of piperazine rings is 1. The van der Waals surface area contributed by atoms with E-state index in [2.05, 4.69) is 32.2 Å². The fraction of sp³-hybridized carbons (Fsp3) is 0.611. The van der Waals surface area contributed by atoms with Crippen LogP contribution >= 0.6 is 0 Å². The second-order valence-corrected chi connectivity index (χ2v) is 6.56. The highest BCUT2D eigenvalue weighted by molar-refractivity contribution is 5.81. The molecule has 0 bridgehead atoms. The monoisotopic (exact) mass is 304 g/mol. The summed E-state index contributed by atoms with van der Waals surface area (Å²) in [5.41, 5.74) is 3.48. The molecule has 122 valence electrons. The molecule has 1 saturated heterocycles. The third-order valence-corrected chi connectivity index (χ3v) is 4.30. The molecule has 0 aliphatic carbocycles. The van der Waals surface area contributed by atoms with E-state index in [-0.39, 0.29) is 11.8 Å². The smallest absolute Gasteiger partial charge is 0.264 e. The first-order valence-corrected chi connectivity index (χ1v) is 8.14. The third kappa shape index (κ3) is 3.80. The number of benzene rings is 1. The van der Waals surface area contributed by atoms with Crippen LogP contribution in [0.1, 0.15) is 30.5 Å². The molecule has 2 rings (SSSR count). The van der Waals surface area contributed by atoms with Crippen molar-refractivity contribution in [2.24, 2.45) is 5.92 Å². The molecule has 0 radical (unpaired) electrons. The van der Waals surface area contributed by atoms with Crippen molar-refractivity contribution in [1.82, 2.24) is 10.2 Å². The average molecular weight is 304 g/mol. The van der Waals surface area contributed by atoms with Crippen LogP contribution < -0.4 is 10.1 Å². The molecule has 1 fully saturated rings. The standard InChI is InChI=1S/C18H28N2O2/c1-12(2)17(18(21)20-8-6-19-7-9-20)22-16-11-13(3)10-14(4)15(16)5/h10-12,17,19H,6-9H2,1-5H3. The van der Waals surface area contributed by atoms with E-state index in [1.165, 1.54) is 5.56 Å². The number of hydrogen-bond acceptors (Lipinski definition) is 3. The van der Waals surface area contributed by atoms with Gasteiger partial charge in [0.25, 0.3) is 5.91 Å². The molecule has 22 heavy (non-hydrogen) atoms. The van der Waals surface area contributed by atoms with E-state index in [1.807, 2.05) is 24.8 Å². The van der Waals surface area contributed by atoms with Gasteiger partial charge in [-0.25, -0.2) is 0 Å². The Balaban J connectivity index is 2.20. The Bertz CT molecular complexity index is 534. The minimum Gasteiger partial charge on any atom is -0.480 e. The zero-order valence-electron chi connectivity index (χ0n) is 14.4. The van der Waals surface area contributed by atoms with Crippen LogP contribution in [0.2, 0.25) is 0 Å². The number of hydrogen-bond donors (Lipinski definition) is 1. The van der Waals surface area contributed by atoms with Gasteiger partial charge in [0.05, 0.1) is 0 Å². The predicted octanol–water partition coefficient (Wildman–Crippen LogP) is 2.45. The molecule has 1 aromatic carbocycles. The number of amides is 1. The lowest BCUT2D eigenvalue weighted by Crippen LogP contribution is -2.52. The number of carbonyl (C=O) groups is 1. The van der Waals surface area contributed by atoms with Crippen molar-refractivity contribution < 1.29 is 9.53 Å². The van der Waals surface area contributed by atoms with Crippen molar-refractivity contribution in [3.05, 3.63) is 28.8 Å². The van der Waals surface area contributed by atoms with Crippen molar-refractivity contribution in [1.29, 1.82) is 0 Å². The SMILES string of the molecule is Cc1cc(C)c(C)c(OC(C(=O)N2CCNCC2)C(C)C)c1. The van der Waals surface area contributed by atoms with Gasteiger partial charge >= 0.3 is 0 Å². The summed E-state index contributed by atoms with van der Waals surface area (Å²) in [5, 5.41) is 3.28. The van der Waals surface area contributed by atoms with E-state index in [9.17, 15) is 4.79 Å². The highest BCUT2D eigenvalue weighted by Crippen LogP contribution is 2.26. The first-order chi connectivity index (χ1) is 10.4. The summed E-state index contributed by atoms with van der Waals surface area (Å²) in [5.74, 6) is 1.08. The Kier molecular flexibility index (Phi) is 5.46. The minimum atomic E-state index is -0.419. The molecule has 1 unspecified atom stereocenters. The first-order valence-electron chi connectivity index (χ1n) is 8.14. The fourth-order valence-corrected chi connectivity index (χ4v) is 2.80. The van der Waals surface area contributed by atoms with Crippen LogP contribution in [0.5, 0.6) is 5.75 Å². The molecule has 0 spiro atoms. The van der Waals surface area contributed by atoms with E-state index in [0.29, 0.717) is 0 Å². The normalized spacial score (nSPS) is 16.7. The Hall–Kier alpha value is -1.55. The largest absolute Gasteiger partial charge is 0.480 e. The van der Waals surface area contributed by atoms with Crippen LogP contribution in [-0.2, 0) is 4.79 Å². The molecule has 1 aromatic rings. The Morgan fingerprint density at radius 2 is 1.82 bits per heavy atom. The zero-order valence-corrected chi connectivity index (χ0v) is 14.4. The zero-order chi connectivity index (χ0) is 16.3. The van der Waals surface area contributed by atoms with Gasteiger partial charge in [0.15, 0.2) is 6.10 Å².